The lowest BCUT2D eigenvalue weighted by atomic mass is 10.0. The van der Waals surface area contributed by atoms with Gasteiger partial charge in [0.25, 0.3) is 12.0 Å². The summed E-state index contributed by atoms with van der Waals surface area (Å²) in [6.45, 7) is 0. The standard InChI is InChI=1S/C18H14F3N3O/c19-14(16(20)21)10-3-1-4-11(9-10)15-18(25)24(12-6-7-12)17-13(23-15)5-2-8-22-17/h1-5,8-9,12,14,16H,6-7H2. The van der Waals surface area contributed by atoms with Crippen molar-refractivity contribution in [1.29, 1.82) is 0 Å². The minimum atomic E-state index is -3.12. The van der Waals surface area contributed by atoms with Crippen molar-refractivity contribution in [3.63, 3.8) is 0 Å². The molecule has 0 N–H and O–H groups in total. The third kappa shape index (κ3) is 2.79. The van der Waals surface area contributed by atoms with Crippen LogP contribution in [-0.4, -0.2) is 21.0 Å². The molecule has 7 heteroatoms. The van der Waals surface area contributed by atoms with Crippen molar-refractivity contribution in [3.05, 3.63) is 58.5 Å². The summed E-state index contributed by atoms with van der Waals surface area (Å²) in [5.74, 6) is 0. The Kier molecular flexibility index (Phi) is 3.78. The van der Waals surface area contributed by atoms with Gasteiger partial charge in [0, 0.05) is 17.8 Å². The molecule has 1 saturated carbocycles. The minimum absolute atomic E-state index is 0.0739. The zero-order valence-electron chi connectivity index (χ0n) is 13.1. The maximum absolute atomic E-state index is 13.7. The summed E-state index contributed by atoms with van der Waals surface area (Å²) < 4.78 is 40.6. The number of rotatable bonds is 4. The third-order valence-electron chi connectivity index (χ3n) is 4.26. The van der Waals surface area contributed by atoms with Crippen LogP contribution in [0.3, 0.4) is 0 Å². The number of nitrogens with zero attached hydrogens (tertiary/aromatic N) is 3. The van der Waals surface area contributed by atoms with Gasteiger partial charge in [0.1, 0.15) is 11.2 Å². The van der Waals surface area contributed by atoms with E-state index in [1.54, 1.807) is 29.0 Å². The smallest absolute Gasteiger partial charge is 0.278 e. The number of halogens is 3. The Labute approximate surface area is 141 Å². The lowest BCUT2D eigenvalue weighted by molar-refractivity contribution is 0.0496. The number of pyridine rings is 1. The van der Waals surface area contributed by atoms with Gasteiger partial charge in [-0.2, -0.15) is 0 Å². The van der Waals surface area contributed by atoms with E-state index in [0.29, 0.717) is 16.7 Å². The highest BCUT2D eigenvalue weighted by Gasteiger charge is 2.29. The molecule has 1 unspecified atom stereocenters. The lowest BCUT2D eigenvalue weighted by Gasteiger charge is -2.12. The van der Waals surface area contributed by atoms with Crippen LogP contribution in [0.1, 0.15) is 30.6 Å². The first-order valence-corrected chi connectivity index (χ1v) is 7.96. The normalized spacial score (nSPS) is 15.7. The molecule has 128 valence electrons. The number of hydrogen-bond acceptors (Lipinski definition) is 3. The molecule has 25 heavy (non-hydrogen) atoms. The van der Waals surface area contributed by atoms with Crippen molar-refractivity contribution in [3.8, 4) is 11.3 Å². The highest BCUT2D eigenvalue weighted by molar-refractivity contribution is 5.74. The number of alkyl halides is 3. The van der Waals surface area contributed by atoms with Gasteiger partial charge in [-0.1, -0.05) is 18.2 Å². The van der Waals surface area contributed by atoms with E-state index in [0.717, 1.165) is 12.8 Å². The third-order valence-corrected chi connectivity index (χ3v) is 4.26. The number of benzene rings is 1. The van der Waals surface area contributed by atoms with Crippen LogP contribution in [-0.2, 0) is 0 Å². The maximum atomic E-state index is 13.7. The van der Waals surface area contributed by atoms with Crippen molar-refractivity contribution in [2.45, 2.75) is 31.5 Å². The van der Waals surface area contributed by atoms with Crippen molar-refractivity contribution in [1.82, 2.24) is 14.5 Å². The zero-order valence-corrected chi connectivity index (χ0v) is 13.1. The summed E-state index contributed by atoms with van der Waals surface area (Å²) in [6, 6.07) is 9.10. The quantitative estimate of drug-likeness (QED) is 0.716. The van der Waals surface area contributed by atoms with Crippen LogP contribution in [0, 0.1) is 0 Å². The van der Waals surface area contributed by atoms with Crippen LogP contribution in [0.25, 0.3) is 22.4 Å². The van der Waals surface area contributed by atoms with Crippen molar-refractivity contribution < 1.29 is 13.2 Å². The maximum Gasteiger partial charge on any atom is 0.278 e. The van der Waals surface area contributed by atoms with Gasteiger partial charge in [-0.15, -0.1) is 0 Å². The monoisotopic (exact) mass is 345 g/mol. The van der Waals surface area contributed by atoms with E-state index in [-0.39, 0.29) is 22.9 Å². The zero-order chi connectivity index (χ0) is 17.6. The molecular weight excluding hydrogens is 331 g/mol. The molecular formula is C18H14F3N3O. The summed E-state index contributed by atoms with van der Waals surface area (Å²) in [4.78, 5) is 21.5. The van der Waals surface area contributed by atoms with E-state index in [2.05, 4.69) is 9.97 Å². The van der Waals surface area contributed by atoms with E-state index in [9.17, 15) is 18.0 Å². The van der Waals surface area contributed by atoms with Crippen molar-refractivity contribution in [2.24, 2.45) is 0 Å². The molecule has 1 aromatic carbocycles. The molecule has 0 amide bonds. The molecule has 1 aliphatic rings. The molecule has 4 nitrogen and oxygen atoms in total. The second kappa shape index (κ2) is 5.98. The van der Waals surface area contributed by atoms with Crippen molar-refractivity contribution in [2.75, 3.05) is 0 Å². The Hall–Kier alpha value is -2.70. The van der Waals surface area contributed by atoms with Gasteiger partial charge in [-0.05, 0) is 36.6 Å². The molecule has 1 fully saturated rings. The predicted octanol–water partition coefficient (Wildman–Crippen LogP) is 4.07. The molecule has 0 spiro atoms. The summed E-state index contributed by atoms with van der Waals surface area (Å²) >= 11 is 0. The fourth-order valence-electron chi connectivity index (χ4n) is 2.90. The average Bonchev–Trinajstić information content (AvgIpc) is 3.45. The molecule has 2 aromatic heterocycles. The lowest BCUT2D eigenvalue weighted by Crippen LogP contribution is -2.23. The number of hydrogen-bond donors (Lipinski definition) is 0. The number of aromatic nitrogens is 3. The van der Waals surface area contributed by atoms with Gasteiger partial charge in [0.15, 0.2) is 11.8 Å². The Bertz CT molecular complexity index is 998. The van der Waals surface area contributed by atoms with E-state index < -0.39 is 12.6 Å². The average molecular weight is 345 g/mol. The fourth-order valence-corrected chi connectivity index (χ4v) is 2.90. The molecule has 0 bridgehead atoms. The SMILES string of the molecule is O=c1c(-c2cccc(C(F)C(F)F)c2)nc2cccnc2n1C1CC1. The van der Waals surface area contributed by atoms with Gasteiger partial charge in [0.05, 0.1) is 0 Å². The summed E-state index contributed by atoms with van der Waals surface area (Å²) in [5, 5.41) is 0. The first-order chi connectivity index (χ1) is 12.1. The van der Waals surface area contributed by atoms with Crippen LogP contribution in [0.15, 0.2) is 47.4 Å². The van der Waals surface area contributed by atoms with Crippen molar-refractivity contribution >= 4 is 11.2 Å². The molecule has 0 saturated heterocycles. The summed E-state index contributed by atoms with van der Waals surface area (Å²) in [7, 11) is 0. The Morgan fingerprint density at radius 3 is 2.64 bits per heavy atom. The van der Waals surface area contributed by atoms with Gasteiger partial charge in [0.2, 0.25) is 0 Å². The molecule has 1 atom stereocenters. The summed E-state index contributed by atoms with van der Waals surface area (Å²) in [6.07, 6.45) is -2.15. The Morgan fingerprint density at radius 1 is 1.12 bits per heavy atom. The van der Waals surface area contributed by atoms with Gasteiger partial charge in [-0.3, -0.25) is 9.36 Å². The summed E-state index contributed by atoms with van der Waals surface area (Å²) in [5.41, 5.74) is 0.990. The topological polar surface area (TPSA) is 47.8 Å². The van der Waals surface area contributed by atoms with Crippen LogP contribution in [0.4, 0.5) is 13.2 Å². The van der Waals surface area contributed by atoms with E-state index >= 15 is 0 Å². The fraction of sp³-hybridized carbons (Fsp3) is 0.278. The van der Waals surface area contributed by atoms with E-state index in [1.165, 1.54) is 18.2 Å². The molecule has 3 aromatic rings. The highest BCUT2D eigenvalue weighted by Crippen LogP contribution is 2.36. The first-order valence-electron chi connectivity index (χ1n) is 7.96. The Morgan fingerprint density at radius 2 is 1.92 bits per heavy atom. The molecule has 1 aliphatic carbocycles. The van der Waals surface area contributed by atoms with Gasteiger partial charge in [-0.25, -0.2) is 23.1 Å². The molecule has 0 radical (unpaired) electrons. The van der Waals surface area contributed by atoms with Crippen LogP contribution >= 0.6 is 0 Å². The largest absolute Gasteiger partial charge is 0.286 e. The van der Waals surface area contributed by atoms with Crippen LogP contribution < -0.4 is 5.56 Å². The van der Waals surface area contributed by atoms with Gasteiger partial charge < -0.3 is 0 Å². The Balaban J connectivity index is 1.92. The van der Waals surface area contributed by atoms with Crippen LogP contribution in [0.2, 0.25) is 0 Å². The van der Waals surface area contributed by atoms with E-state index in [1.807, 2.05) is 0 Å². The molecule has 0 aliphatic heterocycles. The molecule has 2 heterocycles. The second-order valence-corrected chi connectivity index (χ2v) is 6.07. The highest BCUT2D eigenvalue weighted by atomic mass is 19.3. The first kappa shape index (κ1) is 15.8. The van der Waals surface area contributed by atoms with Crippen LogP contribution in [0.5, 0.6) is 0 Å². The molecule has 4 rings (SSSR count). The number of fused-ring (bicyclic) bond motifs is 1. The minimum Gasteiger partial charge on any atom is -0.286 e. The van der Waals surface area contributed by atoms with E-state index in [4.69, 9.17) is 0 Å². The second-order valence-electron chi connectivity index (χ2n) is 6.07. The predicted molar refractivity (Wildman–Crippen MR) is 87.4 cm³/mol. The van der Waals surface area contributed by atoms with Gasteiger partial charge >= 0.3 is 0 Å².